The molecule has 1 fully saturated rings. The quantitative estimate of drug-likeness (QED) is 0.863. The molecule has 6 heteroatoms. The monoisotopic (exact) mass is 272 g/mol. The lowest BCUT2D eigenvalue weighted by Crippen LogP contribution is -2.45. The molecule has 92 valence electrons. The van der Waals surface area contributed by atoms with Crippen molar-refractivity contribution in [3.8, 4) is 0 Å². The van der Waals surface area contributed by atoms with Crippen molar-refractivity contribution < 1.29 is 9.59 Å². The summed E-state index contributed by atoms with van der Waals surface area (Å²) in [5.41, 5.74) is 0. The molecule has 1 aliphatic rings. The van der Waals surface area contributed by atoms with Crippen molar-refractivity contribution in [2.24, 2.45) is 0 Å². The molecule has 0 spiro atoms. The van der Waals surface area contributed by atoms with Gasteiger partial charge in [-0.15, -0.1) is 11.3 Å². The zero-order valence-corrected chi connectivity index (χ0v) is 10.7. The minimum absolute atomic E-state index is 0.0986. The van der Waals surface area contributed by atoms with Crippen LogP contribution in [0.3, 0.4) is 0 Å². The van der Waals surface area contributed by atoms with Crippen LogP contribution in [0.25, 0.3) is 0 Å². The van der Waals surface area contributed by atoms with Crippen molar-refractivity contribution in [1.82, 2.24) is 10.6 Å². The summed E-state index contributed by atoms with van der Waals surface area (Å²) in [6.45, 7) is 0.691. The fourth-order valence-corrected chi connectivity index (χ4v) is 2.69. The zero-order valence-electron chi connectivity index (χ0n) is 9.16. The van der Waals surface area contributed by atoms with Gasteiger partial charge in [-0.05, 0) is 31.4 Å². The Balaban J connectivity index is 1.99. The molecule has 2 N–H and O–H groups in total. The van der Waals surface area contributed by atoms with Gasteiger partial charge >= 0.3 is 0 Å². The largest absolute Gasteiger partial charge is 0.354 e. The molecule has 2 amide bonds. The molecule has 0 saturated carbocycles. The third-order valence-corrected chi connectivity index (χ3v) is 3.87. The van der Waals surface area contributed by atoms with Gasteiger partial charge in [0, 0.05) is 6.54 Å². The van der Waals surface area contributed by atoms with E-state index in [1.165, 1.54) is 11.3 Å². The molecule has 1 aromatic rings. The smallest absolute Gasteiger partial charge is 0.262 e. The van der Waals surface area contributed by atoms with Gasteiger partial charge in [-0.25, -0.2) is 0 Å². The predicted octanol–water partition coefficient (Wildman–Crippen LogP) is 1.80. The fraction of sp³-hybridized carbons (Fsp3) is 0.455. The lowest BCUT2D eigenvalue weighted by molar-refractivity contribution is -0.122. The Morgan fingerprint density at radius 3 is 3.00 bits per heavy atom. The van der Waals surface area contributed by atoms with E-state index in [0.717, 1.165) is 12.8 Å². The summed E-state index contributed by atoms with van der Waals surface area (Å²) in [5, 5.41) is 5.52. The first-order valence-electron chi connectivity index (χ1n) is 5.51. The third-order valence-electron chi connectivity index (χ3n) is 2.64. The average Bonchev–Trinajstić information content (AvgIpc) is 2.63. The average molecular weight is 273 g/mol. The number of carbonyl (C=O) groups excluding carboxylic acids is 2. The number of nitrogens with one attached hydrogen (secondary N) is 2. The normalized spacial score (nSPS) is 20.5. The molecule has 2 rings (SSSR count). The summed E-state index contributed by atoms with van der Waals surface area (Å²) in [6, 6.07) is 2.91. The molecule has 1 atom stereocenters. The fourth-order valence-electron chi connectivity index (χ4n) is 1.74. The summed E-state index contributed by atoms with van der Waals surface area (Å²) in [4.78, 5) is 24.0. The summed E-state index contributed by atoms with van der Waals surface area (Å²) < 4.78 is 0.570. The van der Waals surface area contributed by atoms with Crippen molar-refractivity contribution in [1.29, 1.82) is 0 Å². The van der Waals surface area contributed by atoms with Crippen LogP contribution in [0.2, 0.25) is 4.34 Å². The van der Waals surface area contributed by atoms with E-state index in [-0.39, 0.29) is 11.8 Å². The van der Waals surface area contributed by atoms with E-state index in [1.54, 1.807) is 12.1 Å². The van der Waals surface area contributed by atoms with Gasteiger partial charge in [0.2, 0.25) is 5.91 Å². The van der Waals surface area contributed by atoms with E-state index >= 15 is 0 Å². The molecule has 1 saturated heterocycles. The van der Waals surface area contributed by atoms with Crippen LogP contribution in [0.1, 0.15) is 28.9 Å². The van der Waals surface area contributed by atoms with Gasteiger partial charge in [0.1, 0.15) is 6.04 Å². The molecule has 0 bridgehead atoms. The predicted molar refractivity (Wildman–Crippen MR) is 67.4 cm³/mol. The van der Waals surface area contributed by atoms with Crippen molar-refractivity contribution >= 4 is 34.8 Å². The molecule has 2 heterocycles. The lowest BCUT2D eigenvalue weighted by atomic mass is 10.1. The van der Waals surface area contributed by atoms with E-state index in [0.29, 0.717) is 22.2 Å². The number of hydrogen-bond donors (Lipinski definition) is 2. The second kappa shape index (κ2) is 5.51. The molecule has 0 unspecified atom stereocenters. The maximum absolute atomic E-state index is 11.8. The van der Waals surface area contributed by atoms with Crippen LogP contribution >= 0.6 is 22.9 Å². The molecule has 0 radical (unpaired) electrons. The molecular formula is C11H13ClN2O2S. The number of hydrogen-bond acceptors (Lipinski definition) is 3. The first-order valence-corrected chi connectivity index (χ1v) is 6.70. The molecule has 1 aromatic heterocycles. The topological polar surface area (TPSA) is 58.2 Å². The maximum Gasteiger partial charge on any atom is 0.262 e. The number of amides is 2. The highest BCUT2D eigenvalue weighted by Gasteiger charge is 2.23. The Hall–Kier alpha value is -1.07. The van der Waals surface area contributed by atoms with Gasteiger partial charge in [-0.1, -0.05) is 11.6 Å². The second-order valence-corrected chi connectivity index (χ2v) is 5.63. The van der Waals surface area contributed by atoms with E-state index in [2.05, 4.69) is 10.6 Å². The Morgan fingerprint density at radius 2 is 2.29 bits per heavy atom. The number of carbonyl (C=O) groups is 2. The Morgan fingerprint density at radius 1 is 1.47 bits per heavy atom. The van der Waals surface area contributed by atoms with E-state index in [4.69, 9.17) is 11.6 Å². The molecule has 4 nitrogen and oxygen atoms in total. The maximum atomic E-state index is 11.8. The summed E-state index contributed by atoms with van der Waals surface area (Å²) in [6.07, 6.45) is 2.59. The van der Waals surface area contributed by atoms with Crippen LogP contribution in [0.4, 0.5) is 0 Å². The van der Waals surface area contributed by atoms with Gasteiger partial charge in [0.15, 0.2) is 0 Å². The van der Waals surface area contributed by atoms with Crippen LogP contribution in [-0.2, 0) is 4.79 Å². The van der Waals surface area contributed by atoms with Gasteiger partial charge in [0.05, 0.1) is 9.21 Å². The van der Waals surface area contributed by atoms with Crippen molar-refractivity contribution in [3.05, 3.63) is 21.3 Å². The van der Waals surface area contributed by atoms with Gasteiger partial charge in [-0.3, -0.25) is 9.59 Å². The van der Waals surface area contributed by atoms with Gasteiger partial charge in [-0.2, -0.15) is 0 Å². The number of thiophene rings is 1. The molecule has 17 heavy (non-hydrogen) atoms. The Labute approximate surface area is 108 Å². The lowest BCUT2D eigenvalue weighted by Gasteiger charge is -2.14. The highest BCUT2D eigenvalue weighted by Crippen LogP contribution is 2.21. The highest BCUT2D eigenvalue weighted by atomic mass is 35.5. The van der Waals surface area contributed by atoms with Crippen molar-refractivity contribution in [3.63, 3.8) is 0 Å². The third kappa shape index (κ3) is 3.20. The van der Waals surface area contributed by atoms with Crippen LogP contribution in [0, 0.1) is 0 Å². The highest BCUT2D eigenvalue weighted by molar-refractivity contribution is 7.18. The van der Waals surface area contributed by atoms with E-state index < -0.39 is 6.04 Å². The van der Waals surface area contributed by atoms with Gasteiger partial charge < -0.3 is 10.6 Å². The van der Waals surface area contributed by atoms with Crippen molar-refractivity contribution in [2.45, 2.75) is 25.3 Å². The minimum Gasteiger partial charge on any atom is -0.354 e. The molecule has 0 aliphatic carbocycles. The number of halogens is 1. The summed E-state index contributed by atoms with van der Waals surface area (Å²) in [5.74, 6) is -0.331. The van der Waals surface area contributed by atoms with Gasteiger partial charge in [0.25, 0.3) is 5.91 Å². The molecular weight excluding hydrogens is 260 g/mol. The van der Waals surface area contributed by atoms with Crippen LogP contribution in [0.5, 0.6) is 0 Å². The summed E-state index contributed by atoms with van der Waals surface area (Å²) in [7, 11) is 0. The molecule has 0 aromatic carbocycles. The van der Waals surface area contributed by atoms with Crippen LogP contribution < -0.4 is 10.6 Å². The molecule has 1 aliphatic heterocycles. The summed E-state index contributed by atoms with van der Waals surface area (Å²) >= 11 is 6.97. The standard InChI is InChI=1S/C11H13ClN2O2S/c12-9-5-4-8(17-9)11(16)14-7-3-1-2-6-13-10(7)15/h4-5,7H,1-3,6H2,(H,13,15)(H,14,16)/t7-/m1/s1. The van der Waals surface area contributed by atoms with Crippen LogP contribution in [-0.4, -0.2) is 24.4 Å². The Bertz CT molecular complexity index is 433. The van der Waals surface area contributed by atoms with E-state index in [1.807, 2.05) is 0 Å². The SMILES string of the molecule is O=C(N[C@@H]1CCCCNC1=O)c1ccc(Cl)s1. The first kappa shape index (κ1) is 12.4. The van der Waals surface area contributed by atoms with Crippen molar-refractivity contribution in [2.75, 3.05) is 6.54 Å². The van der Waals surface area contributed by atoms with Crippen LogP contribution in [0.15, 0.2) is 12.1 Å². The Kier molecular flexibility index (Phi) is 4.02. The zero-order chi connectivity index (χ0) is 12.3. The second-order valence-electron chi connectivity index (χ2n) is 3.92. The van der Waals surface area contributed by atoms with E-state index in [9.17, 15) is 9.59 Å². The first-order chi connectivity index (χ1) is 8.16. The number of rotatable bonds is 2. The minimum atomic E-state index is -0.425.